The van der Waals surface area contributed by atoms with Crippen molar-refractivity contribution in [3.05, 3.63) is 29.7 Å². The quantitative estimate of drug-likeness (QED) is 0.308. The molecule has 1 aromatic heterocycles. The molecular weight excluding hydrogens is 423 g/mol. The predicted octanol–water partition coefficient (Wildman–Crippen LogP) is 5.18. The van der Waals surface area contributed by atoms with Gasteiger partial charge in [0.1, 0.15) is 5.75 Å². The van der Waals surface area contributed by atoms with E-state index in [2.05, 4.69) is 17.1 Å². The van der Waals surface area contributed by atoms with Crippen molar-refractivity contribution in [1.82, 2.24) is 15.0 Å². The monoisotopic (exact) mass is 453 g/mol. The maximum absolute atomic E-state index is 13.7. The molecule has 1 saturated heterocycles. The summed E-state index contributed by atoms with van der Waals surface area (Å²) < 4.78 is 51.7. The van der Waals surface area contributed by atoms with Crippen LogP contribution in [-0.4, -0.2) is 40.7 Å². The molecular formula is C22H30F3N5O2. The van der Waals surface area contributed by atoms with Crippen LogP contribution in [-0.2, 0) is 6.18 Å². The van der Waals surface area contributed by atoms with E-state index in [4.69, 9.17) is 20.4 Å². The third kappa shape index (κ3) is 6.14. The molecule has 1 unspecified atom stereocenters. The number of nitrogens with one attached hydrogen (secondary N) is 1. The molecule has 1 atom stereocenters. The summed E-state index contributed by atoms with van der Waals surface area (Å²) in [6.45, 7) is 3.50. The molecule has 176 valence electrons. The lowest BCUT2D eigenvalue weighted by Gasteiger charge is -2.30. The van der Waals surface area contributed by atoms with E-state index in [0.717, 1.165) is 44.6 Å². The Morgan fingerprint density at radius 1 is 1.28 bits per heavy atom. The molecule has 3 N–H and O–H groups in total. The number of unbranched alkanes of at least 4 members (excludes halogenated alkanes) is 4. The van der Waals surface area contributed by atoms with Gasteiger partial charge in [0.2, 0.25) is 11.7 Å². The Balaban J connectivity index is 1.72. The fourth-order valence-electron chi connectivity index (χ4n) is 3.82. The Bertz CT molecular complexity index is 900. The van der Waals surface area contributed by atoms with Crippen molar-refractivity contribution < 1.29 is 22.4 Å². The second-order valence-corrected chi connectivity index (χ2v) is 8.10. The summed E-state index contributed by atoms with van der Waals surface area (Å²) in [5.74, 6) is 0.102. The lowest BCUT2D eigenvalue weighted by Crippen LogP contribution is -2.42. The van der Waals surface area contributed by atoms with E-state index in [0.29, 0.717) is 25.4 Å². The van der Waals surface area contributed by atoms with Crippen molar-refractivity contribution in [3.63, 3.8) is 0 Å². The van der Waals surface area contributed by atoms with Gasteiger partial charge >= 0.3 is 6.18 Å². The Labute approximate surface area is 185 Å². The van der Waals surface area contributed by atoms with Crippen LogP contribution >= 0.6 is 0 Å². The van der Waals surface area contributed by atoms with Crippen LogP contribution in [0.25, 0.3) is 11.4 Å². The van der Waals surface area contributed by atoms with Crippen molar-refractivity contribution in [2.45, 2.75) is 64.0 Å². The van der Waals surface area contributed by atoms with E-state index in [1.54, 1.807) is 4.90 Å². The van der Waals surface area contributed by atoms with Gasteiger partial charge in [-0.15, -0.1) is 0 Å². The molecule has 32 heavy (non-hydrogen) atoms. The second kappa shape index (κ2) is 10.7. The summed E-state index contributed by atoms with van der Waals surface area (Å²) in [4.78, 5) is 6.05. The van der Waals surface area contributed by atoms with Crippen LogP contribution in [0, 0.1) is 5.41 Å². The van der Waals surface area contributed by atoms with Crippen LogP contribution in [0.1, 0.15) is 69.2 Å². The first-order valence-electron chi connectivity index (χ1n) is 11.1. The number of hydrogen-bond acceptors (Lipinski definition) is 5. The first-order valence-corrected chi connectivity index (χ1v) is 11.1. The van der Waals surface area contributed by atoms with E-state index in [9.17, 15) is 13.2 Å². The van der Waals surface area contributed by atoms with Gasteiger partial charge in [0.15, 0.2) is 5.96 Å². The summed E-state index contributed by atoms with van der Waals surface area (Å²) in [5, 5.41) is 11.5. The summed E-state index contributed by atoms with van der Waals surface area (Å²) in [6.07, 6.45) is 1.95. The number of hydrogen-bond donors (Lipinski definition) is 2. The number of alkyl halides is 3. The molecule has 1 aliphatic heterocycles. The van der Waals surface area contributed by atoms with Crippen molar-refractivity contribution in [2.75, 3.05) is 19.7 Å². The molecule has 1 aliphatic rings. The number of nitrogens with zero attached hydrogens (tertiary/aromatic N) is 3. The van der Waals surface area contributed by atoms with Gasteiger partial charge < -0.3 is 19.9 Å². The van der Waals surface area contributed by atoms with Crippen LogP contribution in [0.4, 0.5) is 13.2 Å². The number of nitrogens with two attached hydrogens (primary N) is 1. The van der Waals surface area contributed by atoms with Gasteiger partial charge in [-0.3, -0.25) is 5.41 Å². The molecule has 1 aromatic carbocycles. The summed E-state index contributed by atoms with van der Waals surface area (Å²) in [5.41, 5.74) is 4.92. The Hall–Kier alpha value is -2.78. The number of ether oxygens (including phenoxy) is 1. The average Bonchev–Trinajstić information content (AvgIpc) is 3.26. The van der Waals surface area contributed by atoms with E-state index >= 15 is 0 Å². The highest BCUT2D eigenvalue weighted by atomic mass is 19.4. The largest absolute Gasteiger partial charge is 0.493 e. The maximum Gasteiger partial charge on any atom is 0.419 e. The first kappa shape index (κ1) is 23.9. The maximum atomic E-state index is 13.7. The molecule has 7 nitrogen and oxygen atoms in total. The smallest absolute Gasteiger partial charge is 0.419 e. The van der Waals surface area contributed by atoms with Crippen LogP contribution in [0.5, 0.6) is 5.75 Å². The van der Waals surface area contributed by atoms with Gasteiger partial charge in [-0.1, -0.05) is 37.8 Å². The fourth-order valence-corrected chi connectivity index (χ4v) is 3.82. The molecule has 0 spiro atoms. The first-order chi connectivity index (χ1) is 15.3. The minimum absolute atomic E-state index is 0.0230. The lowest BCUT2D eigenvalue weighted by atomic mass is 9.98. The predicted molar refractivity (Wildman–Crippen MR) is 114 cm³/mol. The number of guanidine groups is 1. The normalized spacial score (nSPS) is 16.9. The number of rotatable bonds is 9. The molecule has 0 saturated carbocycles. The van der Waals surface area contributed by atoms with Gasteiger partial charge in [-0.25, -0.2) is 0 Å². The number of halogens is 3. The van der Waals surface area contributed by atoms with Crippen molar-refractivity contribution in [1.29, 1.82) is 5.41 Å². The highest BCUT2D eigenvalue weighted by molar-refractivity contribution is 5.74. The summed E-state index contributed by atoms with van der Waals surface area (Å²) in [6, 6.07) is 3.83. The number of likely N-dealkylation sites (tertiary alicyclic amines) is 1. The summed E-state index contributed by atoms with van der Waals surface area (Å²) in [7, 11) is 0. The third-order valence-electron chi connectivity index (χ3n) is 5.60. The molecule has 2 heterocycles. The zero-order valence-electron chi connectivity index (χ0n) is 18.2. The lowest BCUT2D eigenvalue weighted by molar-refractivity contribution is -0.138. The number of aromatic nitrogens is 2. The molecule has 3 rings (SSSR count). The minimum Gasteiger partial charge on any atom is -0.493 e. The number of piperidine rings is 1. The van der Waals surface area contributed by atoms with Gasteiger partial charge in [-0.05, 0) is 37.5 Å². The molecule has 2 aromatic rings. The van der Waals surface area contributed by atoms with E-state index < -0.39 is 11.7 Å². The Morgan fingerprint density at radius 3 is 2.78 bits per heavy atom. The zero-order valence-corrected chi connectivity index (χ0v) is 18.2. The van der Waals surface area contributed by atoms with Crippen LogP contribution in [0.15, 0.2) is 22.7 Å². The summed E-state index contributed by atoms with van der Waals surface area (Å²) >= 11 is 0. The van der Waals surface area contributed by atoms with Crippen molar-refractivity contribution in [2.24, 2.45) is 5.73 Å². The average molecular weight is 454 g/mol. The fraction of sp³-hybridized carbons (Fsp3) is 0.591. The second-order valence-electron chi connectivity index (χ2n) is 8.10. The van der Waals surface area contributed by atoms with Crippen LogP contribution in [0.2, 0.25) is 0 Å². The van der Waals surface area contributed by atoms with Gasteiger partial charge in [0.05, 0.1) is 18.1 Å². The Morgan fingerprint density at radius 2 is 2.06 bits per heavy atom. The van der Waals surface area contributed by atoms with Gasteiger partial charge in [0, 0.05) is 18.7 Å². The number of benzene rings is 1. The standard InChI is InChI=1S/C22H30F3N5O2/c1-2-3-4-5-6-12-31-18-10-9-15(13-17(18)22(23,24)25)19-28-20(32-29-19)16-8-7-11-30(14-16)21(26)27/h9-10,13,16H,2-8,11-12,14H2,1H3,(H3,26,27). The van der Waals surface area contributed by atoms with Gasteiger partial charge in [0.25, 0.3) is 0 Å². The van der Waals surface area contributed by atoms with E-state index in [-0.39, 0.29) is 35.6 Å². The molecule has 0 radical (unpaired) electrons. The molecule has 0 bridgehead atoms. The zero-order chi connectivity index (χ0) is 23.1. The molecule has 0 aliphatic carbocycles. The highest BCUT2D eigenvalue weighted by Gasteiger charge is 2.35. The van der Waals surface area contributed by atoms with Gasteiger partial charge in [-0.2, -0.15) is 18.2 Å². The van der Waals surface area contributed by atoms with Crippen molar-refractivity contribution >= 4 is 5.96 Å². The molecule has 0 amide bonds. The van der Waals surface area contributed by atoms with E-state index in [1.807, 2.05) is 0 Å². The highest BCUT2D eigenvalue weighted by Crippen LogP contribution is 2.39. The minimum atomic E-state index is -4.56. The van der Waals surface area contributed by atoms with Crippen LogP contribution in [0.3, 0.4) is 0 Å². The van der Waals surface area contributed by atoms with Crippen LogP contribution < -0.4 is 10.5 Å². The Kier molecular flexibility index (Phi) is 7.98. The molecule has 1 fully saturated rings. The third-order valence-corrected chi connectivity index (χ3v) is 5.60. The van der Waals surface area contributed by atoms with Crippen molar-refractivity contribution in [3.8, 4) is 17.1 Å². The topological polar surface area (TPSA) is 101 Å². The SMILES string of the molecule is CCCCCCCOc1ccc(-c2noc(C3CCCN(C(=N)N)C3)n2)cc1C(F)(F)F. The van der Waals surface area contributed by atoms with E-state index in [1.165, 1.54) is 12.1 Å². The molecule has 10 heteroatoms.